The summed E-state index contributed by atoms with van der Waals surface area (Å²) in [6, 6.07) is -0.542. The average molecular weight is 987 g/mol. The molecule has 0 saturated carbocycles. The average Bonchev–Trinajstić information content (AvgIpc) is 3.36. The van der Waals surface area contributed by atoms with Crippen LogP contribution in [0.4, 0.5) is 0 Å². The van der Waals surface area contributed by atoms with Crippen LogP contribution < -0.4 is 5.32 Å². The second-order valence-electron chi connectivity index (χ2n) is 21.7. The summed E-state index contributed by atoms with van der Waals surface area (Å²) in [5.74, 6) is -0.0299. The lowest BCUT2D eigenvalue weighted by Crippen LogP contribution is -2.45. The van der Waals surface area contributed by atoms with Crippen LogP contribution in [0.15, 0.2) is 24.3 Å². The first-order chi connectivity index (χ1) is 34.5. The summed E-state index contributed by atoms with van der Waals surface area (Å²) < 4.78 is 5.47. The van der Waals surface area contributed by atoms with Crippen LogP contribution in [0.1, 0.15) is 348 Å². The highest BCUT2D eigenvalue weighted by atomic mass is 16.5. The van der Waals surface area contributed by atoms with E-state index in [1.807, 2.05) is 0 Å². The predicted molar refractivity (Wildman–Crippen MR) is 306 cm³/mol. The number of carbonyl (C=O) groups is 2. The van der Waals surface area contributed by atoms with Gasteiger partial charge in [-0.05, 0) is 77.0 Å². The van der Waals surface area contributed by atoms with Gasteiger partial charge in [0.25, 0.3) is 0 Å². The van der Waals surface area contributed by atoms with E-state index < -0.39 is 12.1 Å². The van der Waals surface area contributed by atoms with Crippen molar-refractivity contribution in [1.29, 1.82) is 0 Å². The van der Waals surface area contributed by atoms with Gasteiger partial charge >= 0.3 is 5.97 Å². The third-order valence-electron chi connectivity index (χ3n) is 14.7. The largest absolute Gasteiger partial charge is 0.466 e. The van der Waals surface area contributed by atoms with Gasteiger partial charge in [-0.25, -0.2) is 0 Å². The highest BCUT2D eigenvalue weighted by Gasteiger charge is 2.20. The van der Waals surface area contributed by atoms with Crippen LogP contribution in [-0.2, 0) is 14.3 Å². The quantitative estimate of drug-likeness (QED) is 0.0321. The van der Waals surface area contributed by atoms with Crippen LogP contribution >= 0.6 is 0 Å². The van der Waals surface area contributed by atoms with E-state index >= 15 is 0 Å². The molecule has 0 aliphatic rings. The molecule has 0 aromatic heterocycles. The first kappa shape index (κ1) is 68.3. The van der Waals surface area contributed by atoms with Crippen molar-refractivity contribution in [2.45, 2.75) is 360 Å². The molecule has 3 N–H and O–H groups in total. The van der Waals surface area contributed by atoms with Crippen molar-refractivity contribution in [3.05, 3.63) is 24.3 Å². The standard InChI is InChI=1S/C64H123NO5/c1-3-5-7-9-11-13-15-17-33-36-40-44-48-52-56-62(67)61(60-66)65-63(68)57-53-49-45-41-37-34-30-28-26-24-22-20-18-19-21-23-25-27-29-31-35-39-43-47-51-55-59-70-64(69)58-54-50-46-42-38-32-16-14-12-10-8-6-4-2/h14,16,18,20,61-62,66-67H,3-13,15,17,19,21-60H2,1-2H3,(H,65,68)/b16-14-,20-18-. The van der Waals surface area contributed by atoms with Gasteiger partial charge in [0.2, 0.25) is 5.91 Å². The van der Waals surface area contributed by atoms with Crippen LogP contribution in [0.2, 0.25) is 0 Å². The molecule has 0 radical (unpaired) electrons. The van der Waals surface area contributed by atoms with Crippen molar-refractivity contribution in [1.82, 2.24) is 5.32 Å². The molecular formula is C64H123NO5. The number of unbranched alkanes of at least 4 members (excludes halogenated alkanes) is 44. The number of aliphatic hydroxyl groups is 2. The Morgan fingerprint density at radius 2 is 0.671 bits per heavy atom. The van der Waals surface area contributed by atoms with Gasteiger partial charge in [-0.2, -0.15) is 0 Å². The third kappa shape index (κ3) is 55.7. The highest BCUT2D eigenvalue weighted by molar-refractivity contribution is 5.76. The van der Waals surface area contributed by atoms with Crippen molar-refractivity contribution in [2.75, 3.05) is 13.2 Å². The van der Waals surface area contributed by atoms with Crippen molar-refractivity contribution >= 4 is 11.9 Å². The number of amides is 1. The van der Waals surface area contributed by atoms with Crippen molar-refractivity contribution in [3.8, 4) is 0 Å². The van der Waals surface area contributed by atoms with Crippen LogP contribution in [0.5, 0.6) is 0 Å². The maximum absolute atomic E-state index is 12.5. The Hall–Kier alpha value is -1.66. The third-order valence-corrected chi connectivity index (χ3v) is 14.7. The normalized spacial score (nSPS) is 12.7. The maximum atomic E-state index is 12.5. The summed E-state index contributed by atoms with van der Waals surface area (Å²) in [5, 5.41) is 23.3. The number of ether oxygens (including phenoxy) is 1. The fourth-order valence-electron chi connectivity index (χ4n) is 9.87. The number of esters is 1. The molecule has 414 valence electrons. The molecule has 6 nitrogen and oxygen atoms in total. The molecule has 0 fully saturated rings. The minimum Gasteiger partial charge on any atom is -0.466 e. The van der Waals surface area contributed by atoms with Crippen molar-refractivity contribution in [2.24, 2.45) is 0 Å². The molecule has 0 aliphatic heterocycles. The van der Waals surface area contributed by atoms with Crippen LogP contribution in [-0.4, -0.2) is 47.4 Å². The second kappa shape index (κ2) is 59.9. The first-order valence-corrected chi connectivity index (χ1v) is 31.6. The highest BCUT2D eigenvalue weighted by Crippen LogP contribution is 2.18. The summed E-state index contributed by atoms with van der Waals surface area (Å²) >= 11 is 0. The summed E-state index contributed by atoms with van der Waals surface area (Å²) in [6.07, 6.45) is 73.4. The molecule has 6 heteroatoms. The Kier molecular flexibility index (Phi) is 58.5. The molecule has 0 spiro atoms. The van der Waals surface area contributed by atoms with Gasteiger partial charge in [-0.3, -0.25) is 9.59 Å². The molecule has 0 aliphatic carbocycles. The number of hydrogen-bond donors (Lipinski definition) is 3. The smallest absolute Gasteiger partial charge is 0.305 e. The molecule has 1 amide bonds. The molecule has 0 aromatic carbocycles. The van der Waals surface area contributed by atoms with Crippen molar-refractivity contribution < 1.29 is 24.5 Å². The number of hydrogen-bond acceptors (Lipinski definition) is 5. The minimum atomic E-state index is -0.665. The van der Waals surface area contributed by atoms with E-state index in [2.05, 4.69) is 43.5 Å². The monoisotopic (exact) mass is 986 g/mol. The molecule has 0 rings (SSSR count). The Bertz CT molecular complexity index is 1090. The summed E-state index contributed by atoms with van der Waals surface area (Å²) in [5.41, 5.74) is 0. The van der Waals surface area contributed by atoms with Crippen LogP contribution in [0.3, 0.4) is 0 Å². The van der Waals surface area contributed by atoms with Gasteiger partial charge in [0.1, 0.15) is 0 Å². The molecule has 0 heterocycles. The zero-order valence-electron chi connectivity index (χ0n) is 47.3. The lowest BCUT2D eigenvalue weighted by Gasteiger charge is -2.22. The van der Waals surface area contributed by atoms with Crippen LogP contribution in [0, 0.1) is 0 Å². The summed E-state index contributed by atoms with van der Waals surface area (Å²) in [7, 11) is 0. The summed E-state index contributed by atoms with van der Waals surface area (Å²) in [4.78, 5) is 24.5. The number of nitrogens with one attached hydrogen (secondary N) is 1. The van der Waals surface area contributed by atoms with Gasteiger partial charge < -0.3 is 20.3 Å². The molecule has 2 atom stereocenters. The SMILES string of the molecule is CCCCCC/C=C\CCCCCCCC(=O)OCCCCCCCCCCCCCC/C=C\CCCCCCCCCCCCC(=O)NC(CO)C(O)CCCCCCCCCCCCCCCC. The molecule has 0 bridgehead atoms. The number of carbonyl (C=O) groups excluding carboxylic acids is 2. The Morgan fingerprint density at radius 1 is 0.386 bits per heavy atom. The number of allylic oxidation sites excluding steroid dienone is 4. The lowest BCUT2D eigenvalue weighted by molar-refractivity contribution is -0.143. The Balaban J connectivity index is 3.38. The van der Waals surface area contributed by atoms with E-state index in [0.717, 1.165) is 44.9 Å². The maximum Gasteiger partial charge on any atom is 0.305 e. The van der Waals surface area contributed by atoms with E-state index in [-0.39, 0.29) is 18.5 Å². The molecule has 0 saturated heterocycles. The van der Waals surface area contributed by atoms with E-state index in [4.69, 9.17) is 4.74 Å². The van der Waals surface area contributed by atoms with E-state index in [1.165, 1.54) is 270 Å². The minimum absolute atomic E-state index is 0.00532. The predicted octanol–water partition coefficient (Wildman–Crippen LogP) is 19.8. The van der Waals surface area contributed by atoms with E-state index in [0.29, 0.717) is 25.9 Å². The van der Waals surface area contributed by atoms with E-state index in [1.54, 1.807) is 0 Å². The molecular weight excluding hydrogens is 863 g/mol. The fraction of sp³-hybridized carbons (Fsp3) is 0.906. The Labute approximate surface area is 437 Å². The molecule has 0 aromatic rings. The van der Waals surface area contributed by atoms with Crippen LogP contribution in [0.25, 0.3) is 0 Å². The zero-order valence-corrected chi connectivity index (χ0v) is 47.3. The molecule has 70 heavy (non-hydrogen) atoms. The van der Waals surface area contributed by atoms with Gasteiger partial charge in [-0.1, -0.05) is 282 Å². The van der Waals surface area contributed by atoms with Crippen molar-refractivity contribution in [3.63, 3.8) is 0 Å². The first-order valence-electron chi connectivity index (χ1n) is 31.6. The van der Waals surface area contributed by atoms with Gasteiger partial charge in [0.15, 0.2) is 0 Å². The van der Waals surface area contributed by atoms with Gasteiger partial charge in [0.05, 0.1) is 25.4 Å². The lowest BCUT2D eigenvalue weighted by atomic mass is 10.0. The van der Waals surface area contributed by atoms with Gasteiger partial charge in [0, 0.05) is 12.8 Å². The number of aliphatic hydroxyl groups excluding tert-OH is 2. The van der Waals surface area contributed by atoms with E-state index in [9.17, 15) is 19.8 Å². The van der Waals surface area contributed by atoms with Gasteiger partial charge in [-0.15, -0.1) is 0 Å². The molecule has 2 unspecified atom stereocenters. The Morgan fingerprint density at radius 3 is 1.03 bits per heavy atom. The fourth-order valence-corrected chi connectivity index (χ4v) is 9.87. The second-order valence-corrected chi connectivity index (χ2v) is 21.7. The zero-order chi connectivity index (χ0) is 50.7. The topological polar surface area (TPSA) is 95.9 Å². The summed E-state index contributed by atoms with van der Waals surface area (Å²) in [6.45, 7) is 4.95. The number of rotatable bonds is 59.